The lowest BCUT2D eigenvalue weighted by atomic mass is 9.97. The van der Waals surface area contributed by atoms with Crippen molar-refractivity contribution in [1.29, 1.82) is 0 Å². The highest BCUT2D eigenvalue weighted by Crippen LogP contribution is 2.25. The van der Waals surface area contributed by atoms with Gasteiger partial charge in [0.1, 0.15) is 5.75 Å². The molecule has 0 aliphatic carbocycles. The molecule has 1 nitrogen and oxygen atoms in total. The summed E-state index contributed by atoms with van der Waals surface area (Å²) >= 11 is 0. The minimum absolute atomic E-state index is 0.296. The van der Waals surface area contributed by atoms with Crippen LogP contribution in [0.15, 0.2) is 18.2 Å². The van der Waals surface area contributed by atoms with Gasteiger partial charge in [-0.2, -0.15) is 0 Å². The highest BCUT2D eigenvalue weighted by atomic mass is 19.1. The third kappa shape index (κ3) is 5.63. The fourth-order valence-corrected chi connectivity index (χ4v) is 1.95. The van der Waals surface area contributed by atoms with Gasteiger partial charge in [-0.25, -0.2) is 0 Å². The van der Waals surface area contributed by atoms with Gasteiger partial charge < -0.3 is 4.74 Å². The lowest BCUT2D eigenvalue weighted by molar-refractivity contribution is 0.308. The van der Waals surface area contributed by atoms with E-state index in [0.29, 0.717) is 0 Å². The third-order valence-electron chi connectivity index (χ3n) is 3.23. The van der Waals surface area contributed by atoms with E-state index in [-0.39, 0.29) is 5.92 Å². The first-order valence-electron chi connectivity index (χ1n) is 7.37. The number of rotatable bonds is 9. The average Bonchev–Trinajstić information content (AvgIpc) is 2.44. The smallest absolute Gasteiger partial charge is 0.119 e. The predicted octanol–water partition coefficient (Wildman–Crippen LogP) is 5.10. The lowest BCUT2D eigenvalue weighted by Crippen LogP contribution is -2.02. The van der Waals surface area contributed by atoms with Gasteiger partial charge in [-0.3, -0.25) is 4.39 Å². The van der Waals surface area contributed by atoms with E-state index in [1.165, 1.54) is 5.56 Å². The zero-order valence-corrected chi connectivity index (χ0v) is 12.3. The van der Waals surface area contributed by atoms with Crippen LogP contribution >= 0.6 is 0 Å². The predicted molar refractivity (Wildman–Crippen MR) is 79.5 cm³/mol. The molecule has 0 saturated heterocycles. The van der Waals surface area contributed by atoms with Crippen molar-refractivity contribution < 1.29 is 9.13 Å². The Balaban J connectivity index is 2.82. The first-order chi connectivity index (χ1) is 9.21. The molecule has 0 bridgehead atoms. The molecule has 0 spiro atoms. The van der Waals surface area contributed by atoms with Crippen LogP contribution in [0, 0.1) is 6.92 Å². The molecular formula is C17H26FO. The van der Waals surface area contributed by atoms with Gasteiger partial charge in [0.05, 0.1) is 13.3 Å². The molecule has 0 aliphatic rings. The van der Waals surface area contributed by atoms with E-state index in [0.717, 1.165) is 50.0 Å². The van der Waals surface area contributed by atoms with Crippen LogP contribution in [0.25, 0.3) is 0 Å². The zero-order chi connectivity index (χ0) is 14.1. The van der Waals surface area contributed by atoms with Crippen LogP contribution in [0.1, 0.15) is 56.6 Å². The quantitative estimate of drug-likeness (QED) is 0.565. The largest absolute Gasteiger partial charge is 0.494 e. The number of halogens is 1. The molecule has 0 aromatic heterocycles. The standard InChI is InChI=1S/C17H26FO/c1-4-6-8-15-10-16(14(3)13-18)12-17(11-15)19-9-7-5-2/h10-12,14H,3-9,13H2,1-2H3. The Bertz CT molecular complexity index is 362. The Kier molecular flexibility index (Phi) is 7.54. The molecule has 1 radical (unpaired) electrons. The summed E-state index contributed by atoms with van der Waals surface area (Å²) in [7, 11) is 0. The normalized spacial score (nSPS) is 12.4. The van der Waals surface area contributed by atoms with Crippen LogP contribution in [0.4, 0.5) is 4.39 Å². The molecule has 1 aromatic carbocycles. The number of ether oxygens (including phenoxy) is 1. The fourth-order valence-electron chi connectivity index (χ4n) is 1.95. The van der Waals surface area contributed by atoms with Gasteiger partial charge in [0.25, 0.3) is 0 Å². The van der Waals surface area contributed by atoms with E-state index in [9.17, 15) is 4.39 Å². The first kappa shape index (κ1) is 16.0. The number of alkyl halides is 1. The van der Waals surface area contributed by atoms with E-state index >= 15 is 0 Å². The molecule has 1 aromatic rings. The van der Waals surface area contributed by atoms with Gasteiger partial charge in [0.2, 0.25) is 0 Å². The zero-order valence-electron chi connectivity index (χ0n) is 12.3. The maximum atomic E-state index is 12.8. The van der Waals surface area contributed by atoms with Crippen LogP contribution in [-0.2, 0) is 6.42 Å². The minimum atomic E-state index is -0.425. The lowest BCUT2D eigenvalue weighted by Gasteiger charge is -2.14. The Labute approximate surface area is 117 Å². The molecule has 0 amide bonds. The molecule has 0 aliphatic heterocycles. The number of hydrogen-bond acceptors (Lipinski definition) is 1. The molecule has 1 rings (SSSR count). The summed E-state index contributed by atoms with van der Waals surface area (Å²) in [5, 5.41) is 0. The average molecular weight is 265 g/mol. The van der Waals surface area contributed by atoms with Crippen molar-refractivity contribution in [1.82, 2.24) is 0 Å². The maximum Gasteiger partial charge on any atom is 0.119 e. The van der Waals surface area contributed by atoms with Gasteiger partial charge in [-0.05, 0) is 49.4 Å². The monoisotopic (exact) mass is 265 g/mol. The van der Waals surface area contributed by atoms with Crippen molar-refractivity contribution in [2.45, 2.75) is 51.9 Å². The second-order valence-corrected chi connectivity index (χ2v) is 5.07. The minimum Gasteiger partial charge on any atom is -0.494 e. The second-order valence-electron chi connectivity index (χ2n) is 5.07. The van der Waals surface area contributed by atoms with Crippen LogP contribution < -0.4 is 4.74 Å². The molecule has 0 fully saturated rings. The summed E-state index contributed by atoms with van der Waals surface area (Å²) in [6.45, 7) is 8.47. The Hall–Kier alpha value is -1.05. The highest BCUT2D eigenvalue weighted by Gasteiger charge is 2.09. The van der Waals surface area contributed by atoms with Crippen molar-refractivity contribution in [3.8, 4) is 5.75 Å². The Morgan fingerprint density at radius 1 is 1.16 bits per heavy atom. The van der Waals surface area contributed by atoms with Crippen LogP contribution in [0.3, 0.4) is 0 Å². The van der Waals surface area contributed by atoms with E-state index in [1.807, 2.05) is 6.07 Å². The van der Waals surface area contributed by atoms with Crippen LogP contribution in [-0.4, -0.2) is 13.3 Å². The molecular weight excluding hydrogens is 239 g/mol. The van der Waals surface area contributed by atoms with Crippen molar-refractivity contribution >= 4 is 0 Å². The maximum absolute atomic E-state index is 12.8. The van der Waals surface area contributed by atoms with Gasteiger partial charge >= 0.3 is 0 Å². The summed E-state index contributed by atoms with van der Waals surface area (Å²) in [6, 6.07) is 6.09. The van der Waals surface area contributed by atoms with E-state index < -0.39 is 6.67 Å². The summed E-state index contributed by atoms with van der Waals surface area (Å²) in [6.07, 6.45) is 5.49. The summed E-state index contributed by atoms with van der Waals surface area (Å²) in [5.41, 5.74) is 2.18. The summed E-state index contributed by atoms with van der Waals surface area (Å²) in [5.74, 6) is 0.564. The van der Waals surface area contributed by atoms with E-state index in [4.69, 9.17) is 4.74 Å². The SMILES string of the molecule is [CH2]C(CF)c1cc(CCCC)cc(OCCCC)c1. The molecule has 0 N–H and O–H groups in total. The number of aryl methyl sites for hydroxylation is 1. The Morgan fingerprint density at radius 3 is 2.53 bits per heavy atom. The van der Waals surface area contributed by atoms with Crippen molar-refractivity contribution in [3.63, 3.8) is 0 Å². The molecule has 0 saturated carbocycles. The number of benzene rings is 1. The fraction of sp³-hybridized carbons (Fsp3) is 0.588. The van der Waals surface area contributed by atoms with Crippen LogP contribution in [0.2, 0.25) is 0 Å². The topological polar surface area (TPSA) is 9.23 Å². The molecule has 19 heavy (non-hydrogen) atoms. The number of unbranched alkanes of at least 4 members (excludes halogenated alkanes) is 2. The highest BCUT2D eigenvalue weighted by molar-refractivity contribution is 5.37. The van der Waals surface area contributed by atoms with E-state index in [2.05, 4.69) is 32.9 Å². The van der Waals surface area contributed by atoms with Crippen molar-refractivity contribution in [2.24, 2.45) is 0 Å². The first-order valence-corrected chi connectivity index (χ1v) is 7.37. The second kappa shape index (κ2) is 8.95. The van der Waals surface area contributed by atoms with Gasteiger partial charge in [0.15, 0.2) is 0 Å². The van der Waals surface area contributed by atoms with Gasteiger partial charge in [-0.15, -0.1) is 0 Å². The molecule has 0 heterocycles. The number of hydrogen-bond donors (Lipinski definition) is 0. The van der Waals surface area contributed by atoms with Crippen molar-refractivity contribution in [3.05, 3.63) is 36.2 Å². The van der Waals surface area contributed by atoms with Crippen molar-refractivity contribution in [2.75, 3.05) is 13.3 Å². The summed E-state index contributed by atoms with van der Waals surface area (Å²) < 4.78 is 18.5. The molecule has 2 heteroatoms. The molecule has 107 valence electrons. The summed E-state index contributed by atoms with van der Waals surface area (Å²) in [4.78, 5) is 0. The third-order valence-corrected chi connectivity index (χ3v) is 3.23. The van der Waals surface area contributed by atoms with Gasteiger partial charge in [0, 0.05) is 5.92 Å². The molecule has 1 unspecified atom stereocenters. The van der Waals surface area contributed by atoms with Gasteiger partial charge in [-0.1, -0.05) is 32.8 Å². The Morgan fingerprint density at radius 2 is 1.89 bits per heavy atom. The van der Waals surface area contributed by atoms with Crippen LogP contribution in [0.5, 0.6) is 5.75 Å². The van der Waals surface area contributed by atoms with E-state index in [1.54, 1.807) is 0 Å². The molecule has 1 atom stereocenters.